The van der Waals surface area contributed by atoms with Crippen LogP contribution >= 0.6 is 0 Å². The molecule has 0 atom stereocenters. The Morgan fingerprint density at radius 1 is 1.38 bits per heavy atom. The maximum Gasteiger partial charge on any atom is 0.125 e. The molecule has 88 valence electrons. The molecule has 0 radical (unpaired) electrons. The van der Waals surface area contributed by atoms with E-state index in [0.29, 0.717) is 5.69 Å². The Morgan fingerprint density at radius 3 is 2.69 bits per heavy atom. The summed E-state index contributed by atoms with van der Waals surface area (Å²) >= 11 is 0. The highest BCUT2D eigenvalue weighted by atomic mass is 19.1. The molecule has 0 aromatic heterocycles. The second kappa shape index (κ2) is 4.80. The van der Waals surface area contributed by atoms with Crippen LogP contribution in [0.15, 0.2) is 18.2 Å². The van der Waals surface area contributed by atoms with Gasteiger partial charge in [-0.25, -0.2) is 4.39 Å². The van der Waals surface area contributed by atoms with Crippen molar-refractivity contribution in [3.63, 3.8) is 0 Å². The first kappa shape index (κ1) is 11.4. The van der Waals surface area contributed by atoms with E-state index >= 15 is 0 Å². The highest BCUT2D eigenvalue weighted by Gasteiger charge is 2.17. The Morgan fingerprint density at radius 2 is 2.06 bits per heavy atom. The Balaban J connectivity index is 1.98. The molecular formula is C12H17FN2O. The maximum absolute atomic E-state index is 12.9. The van der Waals surface area contributed by atoms with Crippen molar-refractivity contribution in [1.82, 2.24) is 4.90 Å². The third kappa shape index (κ3) is 2.71. The molecule has 1 fully saturated rings. The van der Waals surface area contributed by atoms with E-state index in [4.69, 9.17) is 5.73 Å². The number of halogens is 1. The molecule has 0 spiro atoms. The van der Waals surface area contributed by atoms with Crippen LogP contribution < -0.4 is 5.73 Å². The van der Waals surface area contributed by atoms with Crippen LogP contribution in [0.3, 0.4) is 0 Å². The average molecular weight is 224 g/mol. The summed E-state index contributed by atoms with van der Waals surface area (Å²) in [5, 5.41) is 9.38. The summed E-state index contributed by atoms with van der Waals surface area (Å²) in [7, 11) is 0. The molecule has 0 aliphatic carbocycles. The molecule has 1 aromatic rings. The summed E-state index contributed by atoms with van der Waals surface area (Å²) in [5.41, 5.74) is 7.21. The number of rotatable bonds is 2. The Bertz CT molecular complexity index is 362. The fourth-order valence-corrected chi connectivity index (χ4v) is 2.03. The number of likely N-dealkylation sites (tertiary alicyclic amines) is 1. The van der Waals surface area contributed by atoms with Crippen LogP contribution in [0.4, 0.5) is 10.1 Å². The zero-order valence-electron chi connectivity index (χ0n) is 9.19. The molecule has 1 saturated heterocycles. The van der Waals surface area contributed by atoms with Gasteiger partial charge in [-0.05, 0) is 30.5 Å². The van der Waals surface area contributed by atoms with Crippen molar-refractivity contribution in [2.24, 2.45) is 0 Å². The number of anilines is 1. The number of nitrogens with two attached hydrogens (primary N) is 1. The molecule has 3 nitrogen and oxygen atoms in total. The highest BCUT2D eigenvalue weighted by Crippen LogP contribution is 2.18. The van der Waals surface area contributed by atoms with E-state index in [1.807, 2.05) is 0 Å². The summed E-state index contributed by atoms with van der Waals surface area (Å²) in [4.78, 5) is 2.23. The van der Waals surface area contributed by atoms with Gasteiger partial charge in [-0.15, -0.1) is 0 Å². The molecule has 1 aliphatic heterocycles. The van der Waals surface area contributed by atoms with E-state index in [1.165, 1.54) is 12.1 Å². The standard InChI is InChI=1S/C12H17FN2O/c13-10-2-1-9(12(14)7-10)8-15-5-3-11(16)4-6-15/h1-2,7,11,16H,3-6,8,14H2. The molecule has 16 heavy (non-hydrogen) atoms. The molecule has 0 bridgehead atoms. The minimum Gasteiger partial charge on any atom is -0.398 e. The Kier molecular flexibility index (Phi) is 3.41. The number of hydrogen-bond acceptors (Lipinski definition) is 3. The van der Waals surface area contributed by atoms with Gasteiger partial charge in [0.05, 0.1) is 6.10 Å². The van der Waals surface area contributed by atoms with Crippen LogP contribution in [0.25, 0.3) is 0 Å². The Labute approximate surface area is 94.7 Å². The van der Waals surface area contributed by atoms with Crippen LogP contribution in [-0.2, 0) is 6.54 Å². The molecule has 1 aromatic carbocycles. The van der Waals surface area contributed by atoms with Gasteiger partial charge in [-0.2, -0.15) is 0 Å². The molecule has 1 aliphatic rings. The lowest BCUT2D eigenvalue weighted by molar-refractivity contribution is 0.0793. The minimum absolute atomic E-state index is 0.165. The average Bonchev–Trinajstić information content (AvgIpc) is 2.25. The van der Waals surface area contributed by atoms with E-state index in [1.54, 1.807) is 6.07 Å². The van der Waals surface area contributed by atoms with Gasteiger partial charge in [0, 0.05) is 25.3 Å². The molecule has 0 saturated carbocycles. The number of aliphatic hydroxyl groups excluding tert-OH is 1. The van der Waals surface area contributed by atoms with Gasteiger partial charge in [0.2, 0.25) is 0 Å². The summed E-state index contributed by atoms with van der Waals surface area (Å²) < 4.78 is 12.9. The van der Waals surface area contributed by atoms with Gasteiger partial charge in [-0.3, -0.25) is 4.90 Å². The lowest BCUT2D eigenvalue weighted by atomic mass is 10.1. The third-order valence-electron chi connectivity index (χ3n) is 3.06. The third-order valence-corrected chi connectivity index (χ3v) is 3.06. The quantitative estimate of drug-likeness (QED) is 0.746. The SMILES string of the molecule is Nc1cc(F)ccc1CN1CCC(O)CC1. The number of aliphatic hydroxyl groups is 1. The predicted octanol–water partition coefficient (Wildman–Crippen LogP) is 1.36. The zero-order chi connectivity index (χ0) is 11.5. The zero-order valence-corrected chi connectivity index (χ0v) is 9.19. The molecule has 0 amide bonds. The summed E-state index contributed by atoms with van der Waals surface area (Å²) in [6.45, 7) is 2.48. The number of benzene rings is 1. The van der Waals surface area contributed by atoms with E-state index in [0.717, 1.165) is 38.0 Å². The lowest BCUT2D eigenvalue weighted by Gasteiger charge is -2.29. The first-order valence-corrected chi connectivity index (χ1v) is 5.59. The van der Waals surface area contributed by atoms with E-state index in [-0.39, 0.29) is 11.9 Å². The summed E-state index contributed by atoms with van der Waals surface area (Å²) in [6.07, 6.45) is 1.45. The van der Waals surface area contributed by atoms with Gasteiger partial charge >= 0.3 is 0 Å². The molecule has 0 unspecified atom stereocenters. The van der Waals surface area contributed by atoms with Crippen LogP contribution in [-0.4, -0.2) is 29.2 Å². The van der Waals surface area contributed by atoms with E-state index in [9.17, 15) is 9.50 Å². The van der Waals surface area contributed by atoms with Gasteiger partial charge in [0.1, 0.15) is 5.82 Å². The molecular weight excluding hydrogens is 207 g/mol. The first-order valence-electron chi connectivity index (χ1n) is 5.59. The normalized spacial score (nSPS) is 18.9. The monoisotopic (exact) mass is 224 g/mol. The fraction of sp³-hybridized carbons (Fsp3) is 0.500. The second-order valence-electron chi connectivity index (χ2n) is 4.35. The molecule has 2 rings (SSSR count). The van der Waals surface area contributed by atoms with Crippen molar-refractivity contribution >= 4 is 5.69 Å². The van der Waals surface area contributed by atoms with E-state index < -0.39 is 0 Å². The van der Waals surface area contributed by atoms with Crippen molar-refractivity contribution in [2.75, 3.05) is 18.8 Å². The van der Waals surface area contributed by atoms with Crippen LogP contribution in [0.2, 0.25) is 0 Å². The van der Waals surface area contributed by atoms with Crippen molar-refractivity contribution in [1.29, 1.82) is 0 Å². The van der Waals surface area contributed by atoms with Crippen LogP contribution in [0, 0.1) is 5.82 Å². The van der Waals surface area contributed by atoms with Gasteiger partial charge in [0.25, 0.3) is 0 Å². The minimum atomic E-state index is -0.296. The number of hydrogen-bond donors (Lipinski definition) is 2. The van der Waals surface area contributed by atoms with Gasteiger partial charge in [0.15, 0.2) is 0 Å². The van der Waals surface area contributed by atoms with Crippen molar-refractivity contribution in [3.8, 4) is 0 Å². The largest absolute Gasteiger partial charge is 0.398 e. The molecule has 1 heterocycles. The number of nitrogen functional groups attached to an aromatic ring is 1. The maximum atomic E-state index is 12.9. The summed E-state index contributed by atoms with van der Waals surface area (Å²) in [6, 6.07) is 4.52. The van der Waals surface area contributed by atoms with Gasteiger partial charge in [-0.1, -0.05) is 6.07 Å². The van der Waals surface area contributed by atoms with Crippen LogP contribution in [0.1, 0.15) is 18.4 Å². The Hall–Kier alpha value is -1.13. The van der Waals surface area contributed by atoms with Crippen molar-refractivity contribution in [2.45, 2.75) is 25.5 Å². The van der Waals surface area contributed by atoms with E-state index in [2.05, 4.69) is 4.90 Å². The smallest absolute Gasteiger partial charge is 0.125 e. The number of nitrogens with zero attached hydrogens (tertiary/aromatic N) is 1. The topological polar surface area (TPSA) is 49.5 Å². The van der Waals surface area contributed by atoms with Crippen molar-refractivity contribution < 1.29 is 9.50 Å². The molecule has 4 heteroatoms. The highest BCUT2D eigenvalue weighted by molar-refractivity contribution is 5.46. The van der Waals surface area contributed by atoms with Crippen molar-refractivity contribution in [3.05, 3.63) is 29.6 Å². The molecule has 3 N–H and O–H groups in total. The van der Waals surface area contributed by atoms with Gasteiger partial charge < -0.3 is 10.8 Å². The number of piperidine rings is 1. The first-order chi connectivity index (χ1) is 7.65. The lowest BCUT2D eigenvalue weighted by Crippen LogP contribution is -2.35. The predicted molar refractivity (Wildman–Crippen MR) is 61.3 cm³/mol. The fourth-order valence-electron chi connectivity index (χ4n) is 2.03. The summed E-state index contributed by atoms with van der Waals surface area (Å²) in [5.74, 6) is -0.296. The second-order valence-corrected chi connectivity index (χ2v) is 4.35. The van der Waals surface area contributed by atoms with Crippen LogP contribution in [0.5, 0.6) is 0 Å².